The van der Waals surface area contributed by atoms with Crippen LogP contribution in [0.25, 0.3) is 0 Å². The highest BCUT2D eigenvalue weighted by Gasteiger charge is 2.20. The van der Waals surface area contributed by atoms with Gasteiger partial charge in [-0.25, -0.2) is 8.42 Å². The van der Waals surface area contributed by atoms with Crippen molar-refractivity contribution in [1.29, 1.82) is 0 Å². The summed E-state index contributed by atoms with van der Waals surface area (Å²) in [6.07, 6.45) is 1.18. The summed E-state index contributed by atoms with van der Waals surface area (Å²) in [6, 6.07) is 9.26. The molecule has 0 amide bonds. The molecule has 1 N–H and O–H groups in total. The van der Waals surface area contributed by atoms with Crippen LogP contribution in [0.1, 0.15) is 11.5 Å². The van der Waals surface area contributed by atoms with E-state index in [0.717, 1.165) is 5.56 Å². The third-order valence-corrected chi connectivity index (χ3v) is 3.63. The second-order valence-corrected chi connectivity index (χ2v) is 6.58. The third-order valence-electron chi connectivity index (χ3n) is 2.69. The number of esters is 1. The zero-order valence-corrected chi connectivity index (χ0v) is 11.9. The standard InChI is InChI=1S/C13H19NO4S/c1-18-13(15)12(11-6-4-3-5-7-11)10-14-8-9-19(2,16)17/h3-7,12,14H,8-10H2,1-2H3. The van der Waals surface area contributed by atoms with E-state index in [-0.39, 0.29) is 11.7 Å². The van der Waals surface area contributed by atoms with Crippen molar-refractivity contribution >= 4 is 15.8 Å². The van der Waals surface area contributed by atoms with Crippen molar-refractivity contribution in [3.63, 3.8) is 0 Å². The molecule has 0 spiro atoms. The molecule has 1 atom stereocenters. The lowest BCUT2D eigenvalue weighted by molar-refractivity contribution is -0.142. The van der Waals surface area contributed by atoms with Crippen LogP contribution in [0.5, 0.6) is 0 Å². The summed E-state index contributed by atoms with van der Waals surface area (Å²) in [5.41, 5.74) is 0.848. The Labute approximate surface area is 113 Å². The summed E-state index contributed by atoms with van der Waals surface area (Å²) < 4.78 is 26.8. The smallest absolute Gasteiger partial charge is 0.314 e. The SMILES string of the molecule is COC(=O)C(CNCCS(C)(=O)=O)c1ccccc1. The van der Waals surface area contributed by atoms with Crippen molar-refractivity contribution in [3.05, 3.63) is 35.9 Å². The van der Waals surface area contributed by atoms with E-state index in [2.05, 4.69) is 5.32 Å². The van der Waals surface area contributed by atoms with Crippen molar-refractivity contribution in [2.75, 3.05) is 32.2 Å². The molecular weight excluding hydrogens is 266 g/mol. The summed E-state index contributed by atoms with van der Waals surface area (Å²) in [5.74, 6) is -0.709. The molecule has 1 unspecified atom stereocenters. The van der Waals surface area contributed by atoms with Gasteiger partial charge in [0.15, 0.2) is 0 Å². The third kappa shape index (κ3) is 5.85. The number of methoxy groups -OCH3 is 1. The zero-order valence-electron chi connectivity index (χ0n) is 11.1. The maximum absolute atomic E-state index is 11.7. The molecule has 0 aliphatic carbocycles. The highest BCUT2D eigenvalue weighted by Crippen LogP contribution is 2.16. The van der Waals surface area contributed by atoms with Crippen molar-refractivity contribution in [3.8, 4) is 0 Å². The summed E-state index contributed by atoms with van der Waals surface area (Å²) in [4.78, 5) is 11.7. The maximum Gasteiger partial charge on any atom is 0.314 e. The molecule has 6 heteroatoms. The van der Waals surface area contributed by atoms with Gasteiger partial charge in [0, 0.05) is 19.3 Å². The first-order valence-corrected chi connectivity index (χ1v) is 8.01. The molecule has 0 bridgehead atoms. The number of hydrogen-bond acceptors (Lipinski definition) is 5. The largest absolute Gasteiger partial charge is 0.469 e. The van der Waals surface area contributed by atoms with Crippen molar-refractivity contribution in [2.45, 2.75) is 5.92 Å². The van der Waals surface area contributed by atoms with Crippen LogP contribution in [0.2, 0.25) is 0 Å². The number of sulfone groups is 1. The van der Waals surface area contributed by atoms with Gasteiger partial charge >= 0.3 is 5.97 Å². The molecule has 106 valence electrons. The fraction of sp³-hybridized carbons (Fsp3) is 0.462. The molecule has 0 heterocycles. The molecule has 1 aromatic rings. The van der Waals surface area contributed by atoms with Crippen molar-refractivity contribution in [1.82, 2.24) is 5.32 Å². The average Bonchev–Trinajstić information content (AvgIpc) is 2.38. The van der Waals surface area contributed by atoms with Gasteiger partial charge in [-0.1, -0.05) is 30.3 Å². The van der Waals surface area contributed by atoms with E-state index in [1.807, 2.05) is 30.3 Å². The van der Waals surface area contributed by atoms with Crippen LogP contribution in [0.3, 0.4) is 0 Å². The van der Waals surface area contributed by atoms with E-state index < -0.39 is 15.8 Å². The quantitative estimate of drug-likeness (QED) is 0.586. The molecule has 1 rings (SSSR count). The molecular formula is C13H19NO4S. The molecule has 0 saturated heterocycles. The Bertz CT molecular complexity index is 499. The molecule has 0 aliphatic rings. The summed E-state index contributed by atoms with van der Waals surface area (Å²) in [6.45, 7) is 0.672. The predicted octanol–water partition coefficient (Wildman–Crippen LogP) is 0.577. The Morgan fingerprint density at radius 3 is 2.47 bits per heavy atom. The average molecular weight is 285 g/mol. The lowest BCUT2D eigenvalue weighted by Gasteiger charge is -2.15. The van der Waals surface area contributed by atoms with Gasteiger partial charge in [0.05, 0.1) is 18.8 Å². The van der Waals surface area contributed by atoms with Gasteiger partial charge in [-0.05, 0) is 5.56 Å². The zero-order chi connectivity index (χ0) is 14.3. The second-order valence-electron chi connectivity index (χ2n) is 4.32. The van der Waals surface area contributed by atoms with Crippen LogP contribution in [-0.4, -0.2) is 46.6 Å². The maximum atomic E-state index is 11.7. The lowest BCUT2D eigenvalue weighted by Crippen LogP contribution is -2.31. The number of ether oxygens (including phenoxy) is 1. The Balaban J connectivity index is 2.60. The molecule has 5 nitrogen and oxygen atoms in total. The van der Waals surface area contributed by atoms with E-state index in [4.69, 9.17) is 4.74 Å². The number of benzene rings is 1. The summed E-state index contributed by atoms with van der Waals surface area (Å²) in [7, 11) is -1.65. The fourth-order valence-corrected chi connectivity index (χ4v) is 2.18. The molecule has 19 heavy (non-hydrogen) atoms. The van der Waals surface area contributed by atoms with Crippen molar-refractivity contribution < 1.29 is 17.9 Å². The van der Waals surface area contributed by atoms with E-state index in [0.29, 0.717) is 13.1 Å². The van der Waals surface area contributed by atoms with Gasteiger partial charge in [-0.15, -0.1) is 0 Å². The van der Waals surface area contributed by atoms with Crippen LogP contribution < -0.4 is 5.32 Å². The lowest BCUT2D eigenvalue weighted by atomic mass is 9.99. The van der Waals surface area contributed by atoms with Crippen LogP contribution in [0, 0.1) is 0 Å². The van der Waals surface area contributed by atoms with E-state index in [1.54, 1.807) is 0 Å². The number of carbonyl (C=O) groups is 1. The monoisotopic (exact) mass is 285 g/mol. The highest BCUT2D eigenvalue weighted by molar-refractivity contribution is 7.90. The van der Waals surface area contributed by atoms with E-state index in [1.165, 1.54) is 13.4 Å². The molecule has 0 aliphatic heterocycles. The molecule has 0 radical (unpaired) electrons. The van der Waals surface area contributed by atoms with Gasteiger partial charge in [-0.2, -0.15) is 0 Å². The Hall–Kier alpha value is -1.40. The highest BCUT2D eigenvalue weighted by atomic mass is 32.2. The van der Waals surface area contributed by atoms with E-state index in [9.17, 15) is 13.2 Å². The normalized spacial score (nSPS) is 12.9. The van der Waals surface area contributed by atoms with Gasteiger partial charge in [0.1, 0.15) is 9.84 Å². The van der Waals surface area contributed by atoms with Crippen LogP contribution >= 0.6 is 0 Å². The topological polar surface area (TPSA) is 72.5 Å². The number of carbonyl (C=O) groups excluding carboxylic acids is 1. The Morgan fingerprint density at radius 1 is 1.32 bits per heavy atom. The summed E-state index contributed by atoms with van der Waals surface area (Å²) >= 11 is 0. The minimum atomic E-state index is -2.99. The minimum absolute atomic E-state index is 0.0513. The second kappa shape index (κ2) is 7.25. The minimum Gasteiger partial charge on any atom is -0.469 e. The molecule has 0 aromatic heterocycles. The van der Waals surface area contributed by atoms with Crippen molar-refractivity contribution in [2.24, 2.45) is 0 Å². The summed E-state index contributed by atoms with van der Waals surface area (Å²) in [5, 5.41) is 2.98. The van der Waals surface area contributed by atoms with E-state index >= 15 is 0 Å². The van der Waals surface area contributed by atoms with Crippen LogP contribution in [-0.2, 0) is 19.4 Å². The molecule has 0 fully saturated rings. The molecule has 1 aromatic carbocycles. The predicted molar refractivity (Wildman–Crippen MR) is 73.8 cm³/mol. The van der Waals surface area contributed by atoms with Gasteiger partial charge in [-0.3, -0.25) is 4.79 Å². The molecule has 0 saturated carbocycles. The first kappa shape index (κ1) is 15.7. The first-order chi connectivity index (χ1) is 8.94. The van der Waals surface area contributed by atoms with Gasteiger partial charge in [0.2, 0.25) is 0 Å². The Kier molecular flexibility index (Phi) is 5.98. The van der Waals surface area contributed by atoms with Crippen LogP contribution in [0.4, 0.5) is 0 Å². The fourth-order valence-electron chi connectivity index (χ4n) is 1.67. The number of rotatable bonds is 7. The Morgan fingerprint density at radius 2 is 1.95 bits per heavy atom. The van der Waals surface area contributed by atoms with Gasteiger partial charge < -0.3 is 10.1 Å². The van der Waals surface area contributed by atoms with Crippen LogP contribution in [0.15, 0.2) is 30.3 Å². The number of nitrogens with one attached hydrogen (secondary N) is 1. The van der Waals surface area contributed by atoms with Gasteiger partial charge in [0.25, 0.3) is 0 Å². The first-order valence-electron chi connectivity index (χ1n) is 5.95. The number of hydrogen-bond donors (Lipinski definition) is 1.